The molecule has 0 radical (unpaired) electrons. The fourth-order valence-electron chi connectivity index (χ4n) is 1.46. The van der Waals surface area contributed by atoms with Gasteiger partial charge in [0.2, 0.25) is 5.65 Å². The number of rotatable bonds is 2. The van der Waals surface area contributed by atoms with Crippen LogP contribution in [-0.4, -0.2) is 38.8 Å². The lowest BCUT2D eigenvalue weighted by molar-refractivity contribution is 0.0210. The lowest BCUT2D eigenvalue weighted by Gasteiger charge is -2.27. The largest absolute Gasteiger partial charge is 0.377 e. The first-order valence-corrected chi connectivity index (χ1v) is 4.60. The Labute approximate surface area is 84.1 Å². The summed E-state index contributed by atoms with van der Waals surface area (Å²) in [5, 5.41) is 9.42. The SMILES string of the molecule is O=c1[nH]nc2c(NC3COC3)nccn12. The van der Waals surface area contributed by atoms with Gasteiger partial charge in [0.25, 0.3) is 0 Å². The normalized spacial score (nSPS) is 16.5. The molecule has 1 fully saturated rings. The molecule has 2 aromatic heterocycles. The molecular weight excluding hydrogens is 198 g/mol. The van der Waals surface area contributed by atoms with E-state index in [-0.39, 0.29) is 11.7 Å². The minimum absolute atomic E-state index is 0.260. The maximum absolute atomic E-state index is 11.3. The fraction of sp³-hybridized carbons (Fsp3) is 0.375. The molecule has 1 aliphatic rings. The van der Waals surface area contributed by atoms with E-state index in [0.717, 1.165) is 0 Å². The second-order valence-electron chi connectivity index (χ2n) is 3.38. The minimum atomic E-state index is -0.264. The Hall–Kier alpha value is -1.89. The molecular formula is C8H9N5O2. The Kier molecular flexibility index (Phi) is 1.72. The van der Waals surface area contributed by atoms with Crippen molar-refractivity contribution in [1.29, 1.82) is 0 Å². The van der Waals surface area contributed by atoms with Crippen LogP contribution < -0.4 is 11.0 Å². The number of aromatic nitrogens is 4. The topological polar surface area (TPSA) is 84.3 Å². The molecule has 2 aromatic rings. The Bertz CT molecular complexity index is 541. The smallest absolute Gasteiger partial charge is 0.347 e. The first-order valence-electron chi connectivity index (χ1n) is 4.60. The van der Waals surface area contributed by atoms with Crippen molar-refractivity contribution in [2.24, 2.45) is 0 Å². The number of aromatic amines is 1. The number of ether oxygens (including phenoxy) is 1. The number of nitrogens with one attached hydrogen (secondary N) is 2. The highest BCUT2D eigenvalue weighted by molar-refractivity contribution is 5.61. The highest BCUT2D eigenvalue weighted by atomic mass is 16.5. The van der Waals surface area contributed by atoms with E-state index >= 15 is 0 Å². The molecule has 78 valence electrons. The van der Waals surface area contributed by atoms with Crippen LogP contribution in [0.4, 0.5) is 5.82 Å². The van der Waals surface area contributed by atoms with Crippen molar-refractivity contribution < 1.29 is 4.74 Å². The van der Waals surface area contributed by atoms with Crippen molar-refractivity contribution >= 4 is 11.5 Å². The fourth-order valence-corrected chi connectivity index (χ4v) is 1.46. The van der Waals surface area contributed by atoms with E-state index in [2.05, 4.69) is 20.5 Å². The van der Waals surface area contributed by atoms with E-state index in [1.165, 1.54) is 4.40 Å². The summed E-state index contributed by atoms with van der Waals surface area (Å²) in [5.74, 6) is 0.601. The van der Waals surface area contributed by atoms with Gasteiger partial charge in [-0.25, -0.2) is 19.3 Å². The van der Waals surface area contributed by atoms with Crippen LogP contribution in [0.2, 0.25) is 0 Å². The van der Waals surface area contributed by atoms with Crippen molar-refractivity contribution in [3.8, 4) is 0 Å². The summed E-state index contributed by atoms with van der Waals surface area (Å²) >= 11 is 0. The number of H-pyrrole nitrogens is 1. The van der Waals surface area contributed by atoms with E-state index < -0.39 is 0 Å². The second-order valence-corrected chi connectivity index (χ2v) is 3.38. The van der Waals surface area contributed by atoms with E-state index in [0.29, 0.717) is 24.7 Å². The Morgan fingerprint density at radius 3 is 3.20 bits per heavy atom. The van der Waals surface area contributed by atoms with E-state index in [9.17, 15) is 4.79 Å². The van der Waals surface area contributed by atoms with Crippen molar-refractivity contribution in [3.63, 3.8) is 0 Å². The standard InChI is InChI=1S/C8H9N5O2/c14-8-12-11-7-6(9-1-2-13(7)8)10-5-3-15-4-5/h1-2,5H,3-4H2,(H,9,10)(H,12,14). The minimum Gasteiger partial charge on any atom is -0.377 e. The monoisotopic (exact) mass is 207 g/mol. The summed E-state index contributed by atoms with van der Waals surface area (Å²) in [6.45, 7) is 1.33. The average Bonchev–Trinajstić information content (AvgIpc) is 2.55. The Morgan fingerprint density at radius 2 is 2.47 bits per heavy atom. The third-order valence-electron chi connectivity index (χ3n) is 2.31. The molecule has 0 saturated carbocycles. The number of hydrogen-bond donors (Lipinski definition) is 2. The molecule has 0 amide bonds. The molecule has 1 aliphatic heterocycles. The van der Waals surface area contributed by atoms with Gasteiger partial charge in [-0.05, 0) is 0 Å². The van der Waals surface area contributed by atoms with Crippen LogP contribution in [0.15, 0.2) is 17.2 Å². The third-order valence-corrected chi connectivity index (χ3v) is 2.31. The van der Waals surface area contributed by atoms with Gasteiger partial charge >= 0.3 is 5.69 Å². The first kappa shape index (κ1) is 8.42. The molecule has 3 rings (SSSR count). The Morgan fingerprint density at radius 1 is 1.60 bits per heavy atom. The van der Waals surface area contributed by atoms with Gasteiger partial charge in [0.05, 0.1) is 19.3 Å². The predicted octanol–water partition coefficient (Wildman–Crippen LogP) is -0.772. The van der Waals surface area contributed by atoms with Gasteiger partial charge in [0, 0.05) is 12.4 Å². The molecule has 0 aromatic carbocycles. The van der Waals surface area contributed by atoms with Crippen molar-refractivity contribution in [3.05, 3.63) is 22.9 Å². The van der Waals surface area contributed by atoms with Gasteiger partial charge in [0.1, 0.15) is 0 Å². The van der Waals surface area contributed by atoms with Crippen LogP contribution >= 0.6 is 0 Å². The van der Waals surface area contributed by atoms with Crippen LogP contribution in [0.3, 0.4) is 0 Å². The van der Waals surface area contributed by atoms with Crippen LogP contribution in [-0.2, 0) is 4.74 Å². The molecule has 0 bridgehead atoms. The molecule has 7 heteroatoms. The van der Waals surface area contributed by atoms with Gasteiger partial charge in [-0.2, -0.15) is 0 Å². The number of hydrogen-bond acceptors (Lipinski definition) is 5. The van der Waals surface area contributed by atoms with Crippen molar-refractivity contribution in [2.45, 2.75) is 6.04 Å². The van der Waals surface area contributed by atoms with Crippen LogP contribution in [0.25, 0.3) is 5.65 Å². The molecule has 2 N–H and O–H groups in total. The van der Waals surface area contributed by atoms with Crippen LogP contribution in [0.5, 0.6) is 0 Å². The van der Waals surface area contributed by atoms with Crippen molar-refractivity contribution in [1.82, 2.24) is 19.6 Å². The zero-order valence-electron chi connectivity index (χ0n) is 7.80. The molecule has 0 atom stereocenters. The van der Waals surface area contributed by atoms with Crippen molar-refractivity contribution in [2.75, 3.05) is 18.5 Å². The molecule has 1 saturated heterocycles. The maximum Gasteiger partial charge on any atom is 0.347 e. The summed E-state index contributed by atoms with van der Waals surface area (Å²) in [4.78, 5) is 15.4. The lowest BCUT2D eigenvalue weighted by Crippen LogP contribution is -2.40. The van der Waals surface area contributed by atoms with E-state index in [1.54, 1.807) is 12.4 Å². The highest BCUT2D eigenvalue weighted by Crippen LogP contribution is 2.12. The van der Waals surface area contributed by atoms with Gasteiger partial charge in [-0.15, -0.1) is 5.10 Å². The Balaban J connectivity index is 2.05. The number of anilines is 1. The summed E-state index contributed by atoms with van der Waals surface area (Å²) in [6, 6.07) is 0.260. The molecule has 0 spiro atoms. The second kappa shape index (κ2) is 3.06. The van der Waals surface area contributed by atoms with Gasteiger partial charge in [-0.1, -0.05) is 0 Å². The van der Waals surface area contributed by atoms with Gasteiger partial charge in [0.15, 0.2) is 5.82 Å². The predicted molar refractivity (Wildman–Crippen MR) is 51.8 cm³/mol. The van der Waals surface area contributed by atoms with Crippen LogP contribution in [0, 0.1) is 0 Å². The van der Waals surface area contributed by atoms with Gasteiger partial charge < -0.3 is 10.1 Å². The molecule has 0 aliphatic carbocycles. The lowest BCUT2D eigenvalue weighted by atomic mass is 10.2. The summed E-state index contributed by atoms with van der Waals surface area (Å²) in [5.41, 5.74) is 0.245. The first-order chi connectivity index (χ1) is 7.34. The van der Waals surface area contributed by atoms with Gasteiger partial charge in [-0.3, -0.25) is 0 Å². The summed E-state index contributed by atoms with van der Waals surface area (Å²) in [7, 11) is 0. The zero-order valence-corrected chi connectivity index (χ0v) is 7.80. The zero-order chi connectivity index (χ0) is 10.3. The maximum atomic E-state index is 11.3. The molecule has 0 unspecified atom stereocenters. The summed E-state index contributed by atoms with van der Waals surface area (Å²) in [6.07, 6.45) is 3.13. The molecule has 7 nitrogen and oxygen atoms in total. The van der Waals surface area contributed by atoms with E-state index in [4.69, 9.17) is 4.74 Å². The average molecular weight is 207 g/mol. The highest BCUT2D eigenvalue weighted by Gasteiger charge is 2.20. The molecule has 3 heterocycles. The number of fused-ring (bicyclic) bond motifs is 1. The quantitative estimate of drug-likeness (QED) is 0.675. The summed E-state index contributed by atoms with van der Waals surface area (Å²) < 4.78 is 6.45. The van der Waals surface area contributed by atoms with Crippen LogP contribution in [0.1, 0.15) is 0 Å². The van der Waals surface area contributed by atoms with E-state index in [1.807, 2.05) is 0 Å². The number of nitrogens with zero attached hydrogens (tertiary/aromatic N) is 3. The molecule has 15 heavy (non-hydrogen) atoms. The third kappa shape index (κ3) is 1.28.